The molecule has 4 aromatic rings. The van der Waals surface area contributed by atoms with E-state index in [1.54, 1.807) is 24.3 Å². The molecule has 0 radical (unpaired) electrons. The molecular weight excluding hydrogens is 542 g/mol. The number of amides is 1. The Morgan fingerprint density at radius 1 is 0.953 bits per heavy atom. The average Bonchev–Trinajstić information content (AvgIpc) is 3.49. The molecule has 1 unspecified atom stereocenters. The number of pyridine rings is 1. The Morgan fingerprint density at radius 2 is 1.72 bits per heavy atom. The third-order valence-electron chi connectivity index (χ3n) is 7.55. The van der Waals surface area contributed by atoms with Crippen LogP contribution < -0.4 is 25.3 Å². The molecule has 3 aromatic carbocycles. The van der Waals surface area contributed by atoms with E-state index in [-0.39, 0.29) is 23.9 Å². The maximum absolute atomic E-state index is 12.6. The first kappa shape index (κ1) is 29.9. The Balaban J connectivity index is 1.13. The zero-order valence-corrected chi connectivity index (χ0v) is 24.7. The fraction of sp³-hybridized carbons (Fsp3) is 0.314. The number of phenolic OH excluding ortho intramolecular Hbond substituents is 1. The van der Waals surface area contributed by atoms with Gasteiger partial charge in [-0.05, 0) is 78.1 Å². The van der Waals surface area contributed by atoms with Crippen LogP contribution in [0.5, 0.6) is 23.1 Å². The average molecular weight is 582 g/mol. The predicted octanol–water partition coefficient (Wildman–Crippen LogP) is 6.11. The van der Waals surface area contributed by atoms with E-state index in [1.807, 2.05) is 54.6 Å². The molecule has 5 rings (SSSR count). The van der Waals surface area contributed by atoms with Gasteiger partial charge in [-0.3, -0.25) is 4.79 Å². The summed E-state index contributed by atoms with van der Waals surface area (Å²) in [4.78, 5) is 17.4. The van der Waals surface area contributed by atoms with Crippen LogP contribution in [0.25, 0.3) is 22.4 Å². The fourth-order valence-electron chi connectivity index (χ4n) is 4.99. The van der Waals surface area contributed by atoms with E-state index in [4.69, 9.17) is 24.9 Å². The number of nitrogens with one attached hydrogen (secondary N) is 1. The lowest BCUT2D eigenvalue weighted by Crippen LogP contribution is -2.45. The lowest BCUT2D eigenvalue weighted by molar-refractivity contribution is -0.122. The largest absolute Gasteiger partial charge is 0.508 e. The second-order valence-corrected chi connectivity index (χ2v) is 11.7. The van der Waals surface area contributed by atoms with Crippen LogP contribution in [-0.2, 0) is 11.2 Å². The van der Waals surface area contributed by atoms with Gasteiger partial charge in [0.15, 0.2) is 11.5 Å². The van der Waals surface area contributed by atoms with Crippen molar-refractivity contribution in [3.63, 3.8) is 0 Å². The minimum absolute atomic E-state index is 0.0914. The van der Waals surface area contributed by atoms with Gasteiger partial charge in [0, 0.05) is 18.2 Å². The van der Waals surface area contributed by atoms with Gasteiger partial charge in [-0.2, -0.15) is 0 Å². The number of aromatic hydroxyl groups is 1. The van der Waals surface area contributed by atoms with E-state index < -0.39 is 6.04 Å². The molecule has 4 N–H and O–H groups in total. The smallest absolute Gasteiger partial charge is 0.237 e. The summed E-state index contributed by atoms with van der Waals surface area (Å²) in [5.41, 5.74) is 10.8. The van der Waals surface area contributed by atoms with E-state index in [9.17, 15) is 9.90 Å². The van der Waals surface area contributed by atoms with E-state index in [1.165, 1.54) is 0 Å². The van der Waals surface area contributed by atoms with Gasteiger partial charge in [0.25, 0.3) is 0 Å². The van der Waals surface area contributed by atoms with Crippen molar-refractivity contribution in [3.05, 3.63) is 90.5 Å². The highest BCUT2D eigenvalue weighted by atomic mass is 16.7. The Kier molecular flexibility index (Phi) is 9.47. The zero-order valence-electron chi connectivity index (χ0n) is 24.7. The maximum Gasteiger partial charge on any atom is 0.237 e. The van der Waals surface area contributed by atoms with E-state index in [2.05, 4.69) is 25.2 Å². The summed E-state index contributed by atoms with van der Waals surface area (Å²) in [6.07, 6.45) is 3.13. The first-order chi connectivity index (χ1) is 20.8. The van der Waals surface area contributed by atoms with Crippen molar-refractivity contribution in [1.29, 1.82) is 0 Å². The third kappa shape index (κ3) is 8.26. The van der Waals surface area contributed by atoms with Crippen molar-refractivity contribution in [2.24, 2.45) is 11.1 Å². The molecule has 0 saturated carbocycles. The van der Waals surface area contributed by atoms with Gasteiger partial charge in [0.1, 0.15) is 5.75 Å². The first-order valence-corrected chi connectivity index (χ1v) is 14.7. The van der Waals surface area contributed by atoms with Crippen LogP contribution in [-0.4, -0.2) is 42.0 Å². The SMILES string of the molecule is CC(C)(CCCCOc1cc(-c2ccc3c(c2)OCO3)cc(-c2ccccc2)n1)CNC(=O)C(N)Cc1ccc(O)cc1. The lowest BCUT2D eigenvalue weighted by Gasteiger charge is -2.26. The van der Waals surface area contributed by atoms with Crippen molar-refractivity contribution in [2.45, 2.75) is 45.6 Å². The minimum atomic E-state index is -0.643. The van der Waals surface area contributed by atoms with Gasteiger partial charge in [-0.15, -0.1) is 0 Å². The molecule has 8 nitrogen and oxygen atoms in total. The number of benzene rings is 3. The summed E-state index contributed by atoms with van der Waals surface area (Å²) in [7, 11) is 0. The number of fused-ring (bicyclic) bond motifs is 1. The molecule has 1 aliphatic heterocycles. The first-order valence-electron chi connectivity index (χ1n) is 14.7. The summed E-state index contributed by atoms with van der Waals surface area (Å²) in [5, 5.41) is 12.4. The zero-order chi connectivity index (χ0) is 30.2. The highest BCUT2D eigenvalue weighted by Crippen LogP contribution is 2.37. The number of aromatic nitrogens is 1. The molecule has 1 amide bonds. The Labute approximate surface area is 252 Å². The van der Waals surface area contributed by atoms with Crippen molar-refractivity contribution >= 4 is 5.91 Å². The number of unbranched alkanes of at least 4 members (excludes halogenated alkanes) is 1. The van der Waals surface area contributed by atoms with Crippen LogP contribution >= 0.6 is 0 Å². The molecule has 0 aliphatic carbocycles. The normalized spacial score (nSPS) is 13.0. The number of nitrogens with zero attached hydrogens (tertiary/aromatic N) is 1. The number of ether oxygens (including phenoxy) is 3. The van der Waals surface area contributed by atoms with Crippen molar-refractivity contribution in [1.82, 2.24) is 10.3 Å². The maximum atomic E-state index is 12.6. The topological polar surface area (TPSA) is 116 Å². The summed E-state index contributed by atoms with van der Waals surface area (Å²) in [5.74, 6) is 2.07. The van der Waals surface area contributed by atoms with Crippen LogP contribution in [0.4, 0.5) is 0 Å². The molecule has 0 spiro atoms. The number of rotatable bonds is 13. The monoisotopic (exact) mass is 581 g/mol. The molecule has 0 saturated heterocycles. The highest BCUT2D eigenvalue weighted by Gasteiger charge is 2.21. The molecule has 1 aromatic heterocycles. The molecule has 43 heavy (non-hydrogen) atoms. The summed E-state index contributed by atoms with van der Waals surface area (Å²) >= 11 is 0. The minimum Gasteiger partial charge on any atom is -0.508 e. The third-order valence-corrected chi connectivity index (χ3v) is 7.55. The number of hydrogen-bond donors (Lipinski definition) is 3. The van der Waals surface area contributed by atoms with E-state index >= 15 is 0 Å². The molecule has 1 aliphatic rings. The fourth-order valence-corrected chi connectivity index (χ4v) is 4.99. The number of phenols is 1. The van der Waals surface area contributed by atoms with Crippen LogP contribution in [0.2, 0.25) is 0 Å². The number of carbonyl (C=O) groups excluding carboxylic acids is 1. The second kappa shape index (κ2) is 13.6. The van der Waals surface area contributed by atoms with Crippen LogP contribution in [0.1, 0.15) is 38.7 Å². The van der Waals surface area contributed by atoms with Crippen molar-refractivity contribution in [3.8, 4) is 45.5 Å². The van der Waals surface area contributed by atoms with Crippen LogP contribution in [0.3, 0.4) is 0 Å². The standard InChI is InChI=1S/C35H39N3O5/c1-35(2,22-37-34(40)29(36)18-24-10-13-28(39)14-11-24)16-6-7-17-41-33-21-27(19-30(38-33)25-8-4-3-5-9-25)26-12-15-31-32(20-26)43-23-42-31/h3-5,8-15,19-21,29,39H,6-7,16-18,22-23,36H2,1-2H3,(H,37,40). The van der Waals surface area contributed by atoms with Gasteiger partial charge < -0.3 is 30.4 Å². The number of hydrogen-bond acceptors (Lipinski definition) is 7. The van der Waals surface area contributed by atoms with Gasteiger partial charge in [-0.25, -0.2) is 4.98 Å². The molecule has 224 valence electrons. The van der Waals surface area contributed by atoms with E-state index in [0.717, 1.165) is 58.7 Å². The van der Waals surface area contributed by atoms with Crippen molar-refractivity contribution < 1.29 is 24.1 Å². The summed E-state index contributed by atoms with van der Waals surface area (Å²) in [6, 6.07) is 26.1. The van der Waals surface area contributed by atoms with Crippen LogP contribution in [0.15, 0.2) is 84.9 Å². The van der Waals surface area contributed by atoms with Gasteiger partial charge in [0.2, 0.25) is 18.6 Å². The summed E-state index contributed by atoms with van der Waals surface area (Å²) in [6.45, 7) is 5.59. The van der Waals surface area contributed by atoms with Crippen molar-refractivity contribution in [2.75, 3.05) is 19.9 Å². The number of nitrogens with two attached hydrogens (primary N) is 1. The Hall–Kier alpha value is -4.56. The van der Waals surface area contributed by atoms with E-state index in [0.29, 0.717) is 25.5 Å². The molecule has 1 atom stereocenters. The Morgan fingerprint density at radius 3 is 2.51 bits per heavy atom. The lowest BCUT2D eigenvalue weighted by atomic mass is 9.87. The summed E-state index contributed by atoms with van der Waals surface area (Å²) < 4.78 is 17.2. The highest BCUT2D eigenvalue weighted by molar-refractivity contribution is 5.81. The second-order valence-electron chi connectivity index (χ2n) is 11.7. The molecule has 2 heterocycles. The Bertz CT molecular complexity index is 1520. The van der Waals surface area contributed by atoms with Gasteiger partial charge >= 0.3 is 0 Å². The predicted molar refractivity (Wildman–Crippen MR) is 167 cm³/mol. The molecular formula is C35H39N3O5. The molecule has 0 fully saturated rings. The molecule has 0 bridgehead atoms. The van der Waals surface area contributed by atoms with Gasteiger partial charge in [0.05, 0.1) is 18.3 Å². The van der Waals surface area contributed by atoms with Crippen LogP contribution in [0, 0.1) is 5.41 Å². The number of carbonyl (C=O) groups is 1. The van der Waals surface area contributed by atoms with Gasteiger partial charge in [-0.1, -0.05) is 62.4 Å². The molecule has 8 heteroatoms. The quantitative estimate of drug-likeness (QED) is 0.163.